The molecular formula is C10H22IN. The molecule has 1 nitrogen and oxygen atoms in total. The lowest BCUT2D eigenvalue weighted by molar-refractivity contribution is 0.328. The van der Waals surface area contributed by atoms with E-state index in [1.807, 2.05) is 0 Å². The lowest BCUT2D eigenvalue weighted by Crippen LogP contribution is -2.35. The monoisotopic (exact) mass is 283 g/mol. The first kappa shape index (κ1) is 12.7. The Hall–Kier alpha value is 0.690. The molecule has 12 heavy (non-hydrogen) atoms. The Morgan fingerprint density at radius 3 is 1.83 bits per heavy atom. The molecule has 0 aromatic rings. The highest BCUT2D eigenvalue weighted by molar-refractivity contribution is 14.1. The molecule has 1 N–H and O–H groups in total. The fourth-order valence-corrected chi connectivity index (χ4v) is 1.09. The minimum atomic E-state index is 0.404. The van der Waals surface area contributed by atoms with Crippen molar-refractivity contribution in [3.63, 3.8) is 0 Å². The zero-order chi connectivity index (χ0) is 9.83. The first-order valence-corrected chi connectivity index (χ1v) is 6.06. The van der Waals surface area contributed by atoms with E-state index in [1.54, 1.807) is 0 Å². The van der Waals surface area contributed by atoms with Gasteiger partial charge in [-0.3, -0.25) is 0 Å². The Labute approximate surface area is 90.8 Å². The minimum Gasteiger partial charge on any atom is -0.316 e. The lowest BCUT2D eigenvalue weighted by Gasteiger charge is -2.25. The van der Waals surface area contributed by atoms with Crippen molar-refractivity contribution < 1.29 is 0 Å². The maximum Gasteiger partial charge on any atom is 0.00588 e. The van der Waals surface area contributed by atoms with Gasteiger partial charge in [-0.25, -0.2) is 0 Å². The van der Waals surface area contributed by atoms with Gasteiger partial charge >= 0.3 is 0 Å². The van der Waals surface area contributed by atoms with Gasteiger partial charge in [0.2, 0.25) is 0 Å². The highest BCUT2D eigenvalue weighted by Crippen LogP contribution is 2.18. The zero-order valence-electron chi connectivity index (χ0n) is 9.00. The van der Waals surface area contributed by atoms with Crippen molar-refractivity contribution in [1.82, 2.24) is 5.32 Å². The molecule has 0 fully saturated rings. The number of rotatable bonds is 4. The Kier molecular flexibility index (Phi) is 5.07. The Bertz CT molecular complexity index is 124. The summed E-state index contributed by atoms with van der Waals surface area (Å²) in [5.41, 5.74) is 0.840. The van der Waals surface area contributed by atoms with Gasteiger partial charge in [0.05, 0.1) is 0 Å². The molecule has 0 bridgehead atoms. The van der Waals surface area contributed by atoms with Crippen LogP contribution in [0.2, 0.25) is 0 Å². The molecule has 0 amide bonds. The number of alkyl halides is 1. The fraction of sp³-hybridized carbons (Fsp3) is 1.00. The molecule has 0 aromatic heterocycles. The van der Waals surface area contributed by atoms with Crippen LogP contribution in [-0.4, -0.2) is 17.5 Å². The number of halogens is 1. The van der Waals surface area contributed by atoms with Crippen molar-refractivity contribution in [3.8, 4) is 0 Å². The molecule has 0 saturated heterocycles. The van der Waals surface area contributed by atoms with Crippen LogP contribution < -0.4 is 5.32 Å². The van der Waals surface area contributed by atoms with E-state index in [-0.39, 0.29) is 0 Å². The molecule has 0 saturated carbocycles. The smallest absolute Gasteiger partial charge is 0.00588 e. The van der Waals surface area contributed by atoms with Crippen LogP contribution in [-0.2, 0) is 0 Å². The van der Waals surface area contributed by atoms with Gasteiger partial charge in [0.15, 0.2) is 0 Å². The predicted octanol–water partition coefficient (Wildman–Crippen LogP) is 3.08. The molecule has 74 valence electrons. The van der Waals surface area contributed by atoms with Crippen LogP contribution in [0.4, 0.5) is 0 Å². The van der Waals surface area contributed by atoms with E-state index >= 15 is 0 Å². The second-order valence-corrected chi connectivity index (χ2v) is 6.22. The molecule has 0 aliphatic carbocycles. The summed E-state index contributed by atoms with van der Waals surface area (Å²) in [6.07, 6.45) is 0. The highest BCUT2D eigenvalue weighted by Gasteiger charge is 2.17. The van der Waals surface area contributed by atoms with Gasteiger partial charge in [0, 0.05) is 17.5 Å². The second kappa shape index (κ2) is 4.80. The van der Waals surface area contributed by atoms with Gasteiger partial charge in [-0.15, -0.1) is 0 Å². The normalized spacial score (nSPS) is 13.5. The summed E-state index contributed by atoms with van der Waals surface area (Å²) >= 11 is 2.45. The summed E-state index contributed by atoms with van der Waals surface area (Å²) in [4.78, 5) is 0. The molecule has 2 heteroatoms. The summed E-state index contributed by atoms with van der Waals surface area (Å²) in [6, 6.07) is 0. The van der Waals surface area contributed by atoms with Crippen molar-refractivity contribution in [1.29, 1.82) is 0 Å². The Morgan fingerprint density at radius 1 is 1.00 bits per heavy atom. The average molecular weight is 283 g/mol. The van der Waals surface area contributed by atoms with Gasteiger partial charge in [-0.2, -0.15) is 0 Å². The minimum absolute atomic E-state index is 0.404. The van der Waals surface area contributed by atoms with Crippen LogP contribution in [0.3, 0.4) is 0 Å². The molecule has 0 aromatic carbocycles. The highest BCUT2D eigenvalue weighted by atomic mass is 127. The molecule has 0 atom stereocenters. The summed E-state index contributed by atoms with van der Waals surface area (Å²) in [5, 5.41) is 3.51. The van der Waals surface area contributed by atoms with Crippen LogP contribution in [0.15, 0.2) is 0 Å². The summed E-state index contributed by atoms with van der Waals surface area (Å²) in [5.74, 6) is 0. The molecule has 0 aliphatic rings. The van der Waals surface area contributed by atoms with E-state index in [0.717, 1.165) is 13.1 Å². The largest absolute Gasteiger partial charge is 0.316 e. The quantitative estimate of drug-likeness (QED) is 0.617. The summed E-state index contributed by atoms with van der Waals surface area (Å²) in [6.45, 7) is 13.6. The van der Waals surface area contributed by atoms with E-state index in [9.17, 15) is 0 Å². The number of nitrogens with one attached hydrogen (secondary N) is 1. The van der Waals surface area contributed by atoms with E-state index < -0.39 is 0 Å². The first-order chi connectivity index (χ1) is 5.27. The van der Waals surface area contributed by atoms with Gasteiger partial charge in [-0.1, -0.05) is 57.2 Å². The average Bonchev–Trinajstić information content (AvgIpc) is 1.84. The fourth-order valence-electron chi connectivity index (χ4n) is 0.823. The van der Waals surface area contributed by atoms with Crippen LogP contribution in [0, 0.1) is 10.8 Å². The van der Waals surface area contributed by atoms with Crippen LogP contribution in [0.25, 0.3) is 0 Å². The second-order valence-electron chi connectivity index (χ2n) is 5.46. The lowest BCUT2D eigenvalue weighted by atomic mass is 9.94. The zero-order valence-corrected chi connectivity index (χ0v) is 11.2. The standard InChI is InChI=1S/C10H22IN/c1-9(2,3)7-12-8-10(4,5)6-11/h12H,6-8H2,1-5H3. The van der Waals surface area contributed by atoms with E-state index in [1.165, 1.54) is 4.43 Å². The van der Waals surface area contributed by atoms with Crippen molar-refractivity contribution in [2.75, 3.05) is 17.5 Å². The summed E-state index contributed by atoms with van der Waals surface area (Å²) in [7, 11) is 0. The van der Waals surface area contributed by atoms with Crippen LogP contribution in [0.5, 0.6) is 0 Å². The molecule has 0 aliphatic heterocycles. The SMILES string of the molecule is CC(C)(C)CNCC(C)(C)CI. The number of hydrogen-bond acceptors (Lipinski definition) is 1. The third kappa shape index (κ3) is 7.35. The maximum atomic E-state index is 3.51. The predicted molar refractivity (Wildman–Crippen MR) is 65.0 cm³/mol. The van der Waals surface area contributed by atoms with Crippen molar-refractivity contribution in [2.45, 2.75) is 34.6 Å². The third-order valence-electron chi connectivity index (χ3n) is 1.62. The molecular weight excluding hydrogens is 261 g/mol. The van der Waals surface area contributed by atoms with Gasteiger partial charge in [0.1, 0.15) is 0 Å². The van der Waals surface area contributed by atoms with E-state index in [2.05, 4.69) is 62.5 Å². The Balaban J connectivity index is 3.57. The third-order valence-corrected chi connectivity index (χ3v) is 3.69. The first-order valence-electron chi connectivity index (χ1n) is 4.54. The van der Waals surface area contributed by atoms with Gasteiger partial charge < -0.3 is 5.32 Å². The molecule has 0 rings (SSSR count). The van der Waals surface area contributed by atoms with Gasteiger partial charge in [0.25, 0.3) is 0 Å². The van der Waals surface area contributed by atoms with Crippen LogP contribution in [0.1, 0.15) is 34.6 Å². The van der Waals surface area contributed by atoms with Crippen molar-refractivity contribution in [2.24, 2.45) is 10.8 Å². The topological polar surface area (TPSA) is 12.0 Å². The van der Waals surface area contributed by atoms with Crippen molar-refractivity contribution in [3.05, 3.63) is 0 Å². The molecule has 0 radical (unpaired) electrons. The van der Waals surface area contributed by atoms with E-state index in [0.29, 0.717) is 10.8 Å². The molecule has 0 spiro atoms. The van der Waals surface area contributed by atoms with E-state index in [4.69, 9.17) is 0 Å². The molecule has 0 unspecified atom stereocenters. The Morgan fingerprint density at radius 2 is 1.50 bits per heavy atom. The van der Waals surface area contributed by atoms with Gasteiger partial charge in [-0.05, 0) is 10.8 Å². The molecule has 0 heterocycles. The van der Waals surface area contributed by atoms with Crippen LogP contribution >= 0.6 is 22.6 Å². The van der Waals surface area contributed by atoms with Crippen molar-refractivity contribution >= 4 is 22.6 Å². The maximum absolute atomic E-state index is 3.51. The number of hydrogen-bond donors (Lipinski definition) is 1. The summed E-state index contributed by atoms with van der Waals surface area (Å²) < 4.78 is 1.21.